The molecule has 0 spiro atoms. The number of aromatic nitrogens is 2. The van der Waals surface area contributed by atoms with E-state index in [9.17, 15) is 18.0 Å². The van der Waals surface area contributed by atoms with Crippen molar-refractivity contribution in [2.75, 3.05) is 6.61 Å². The van der Waals surface area contributed by atoms with E-state index in [0.717, 1.165) is 29.9 Å². The molecule has 9 heteroatoms. The van der Waals surface area contributed by atoms with Gasteiger partial charge in [0, 0.05) is 14.7 Å². The fourth-order valence-electron chi connectivity index (χ4n) is 3.87. The molecule has 0 aliphatic heterocycles. The Morgan fingerprint density at radius 2 is 2.03 bits per heavy atom. The van der Waals surface area contributed by atoms with Crippen molar-refractivity contribution in [3.05, 3.63) is 30.1 Å². The normalized spacial score (nSPS) is 17.3. The number of rotatable bonds is 10. The van der Waals surface area contributed by atoms with Crippen molar-refractivity contribution in [3.63, 3.8) is 0 Å². The Labute approximate surface area is 175 Å². The van der Waals surface area contributed by atoms with Crippen LogP contribution in [0.4, 0.5) is 13.2 Å². The number of hydrogen-bond donors (Lipinski definition) is 1. The van der Waals surface area contributed by atoms with Crippen LogP contribution in [0.3, 0.4) is 0 Å². The van der Waals surface area contributed by atoms with E-state index in [0.29, 0.717) is 18.9 Å². The summed E-state index contributed by atoms with van der Waals surface area (Å²) >= 11 is 0. The molecule has 166 valence electrons. The number of ether oxygens (including phenoxy) is 1. The zero-order valence-electron chi connectivity index (χ0n) is 17.7. The van der Waals surface area contributed by atoms with Crippen molar-refractivity contribution < 1.29 is 22.7 Å². The summed E-state index contributed by atoms with van der Waals surface area (Å²) in [5, 5.41) is 0. The molecule has 2 atom stereocenters. The predicted octanol–water partition coefficient (Wildman–Crippen LogP) is 4.90. The topological polar surface area (TPSA) is 70.1 Å². The third-order valence-corrected chi connectivity index (χ3v) is 7.34. The first kappa shape index (κ1) is 22.8. The number of carbonyl (C=O) groups excluding carboxylic acids is 1. The van der Waals surface area contributed by atoms with Gasteiger partial charge in [0.25, 0.3) is 0 Å². The summed E-state index contributed by atoms with van der Waals surface area (Å²) in [5.41, 5.74) is 7.66. The molecule has 30 heavy (non-hydrogen) atoms. The van der Waals surface area contributed by atoms with Crippen molar-refractivity contribution in [3.8, 4) is 0 Å². The fourth-order valence-corrected chi connectivity index (χ4v) is 4.62. The molecule has 2 N–H and O–H groups in total. The van der Waals surface area contributed by atoms with Crippen LogP contribution in [-0.2, 0) is 16.3 Å². The third kappa shape index (κ3) is 6.07. The van der Waals surface area contributed by atoms with Crippen LogP contribution in [0.15, 0.2) is 24.5 Å². The van der Waals surface area contributed by atoms with Gasteiger partial charge in [0.15, 0.2) is 0 Å². The summed E-state index contributed by atoms with van der Waals surface area (Å²) in [6.07, 6.45) is -2.34. The zero-order valence-corrected chi connectivity index (χ0v) is 18.7. The van der Waals surface area contributed by atoms with E-state index < -0.39 is 38.4 Å². The summed E-state index contributed by atoms with van der Waals surface area (Å²) in [5.74, 6) is -2.65. The van der Waals surface area contributed by atoms with Crippen LogP contribution in [0.1, 0.15) is 30.7 Å². The number of hydrogen-bond acceptors (Lipinski definition) is 3. The Morgan fingerprint density at radius 3 is 2.60 bits per heavy atom. The van der Waals surface area contributed by atoms with E-state index in [1.807, 2.05) is 10.6 Å². The molecule has 5 nitrogen and oxygen atoms in total. The number of carbonyl (C=O) groups is 1. The fraction of sp³-hybridized carbons (Fsp3) is 0.619. The largest absolute Gasteiger partial charge is 0.389 e. The van der Waals surface area contributed by atoms with Crippen LogP contribution in [0.25, 0.3) is 11.0 Å². The molecule has 1 aromatic carbocycles. The predicted molar refractivity (Wildman–Crippen MR) is 113 cm³/mol. The molecular formula is C21H30F3N3O2Si. The van der Waals surface area contributed by atoms with Gasteiger partial charge < -0.3 is 15.0 Å². The van der Waals surface area contributed by atoms with Gasteiger partial charge in [-0.3, -0.25) is 4.79 Å². The highest BCUT2D eigenvalue weighted by molar-refractivity contribution is 6.76. The molecule has 1 aliphatic carbocycles. The molecule has 0 bridgehead atoms. The van der Waals surface area contributed by atoms with Gasteiger partial charge in [0.05, 0.1) is 29.7 Å². The Bertz CT molecular complexity index is 888. The Morgan fingerprint density at radius 1 is 1.33 bits per heavy atom. The lowest BCUT2D eigenvalue weighted by Crippen LogP contribution is -2.33. The number of imidazole rings is 1. The maximum atomic E-state index is 13.1. The van der Waals surface area contributed by atoms with E-state index >= 15 is 0 Å². The molecule has 1 aliphatic rings. The lowest BCUT2D eigenvalue weighted by Gasteiger charge is -2.26. The summed E-state index contributed by atoms with van der Waals surface area (Å²) in [6.45, 7) is 7.84. The van der Waals surface area contributed by atoms with E-state index in [4.69, 9.17) is 10.5 Å². The van der Waals surface area contributed by atoms with Gasteiger partial charge in [-0.1, -0.05) is 25.7 Å². The van der Waals surface area contributed by atoms with E-state index in [1.165, 1.54) is 0 Å². The van der Waals surface area contributed by atoms with E-state index in [1.54, 1.807) is 18.5 Å². The summed E-state index contributed by atoms with van der Waals surface area (Å²) in [7, 11) is -1.19. The molecule has 1 fully saturated rings. The van der Waals surface area contributed by atoms with Crippen LogP contribution < -0.4 is 5.73 Å². The maximum Gasteiger partial charge on any atom is 0.389 e. The van der Waals surface area contributed by atoms with Gasteiger partial charge in [-0.2, -0.15) is 13.2 Å². The lowest BCUT2D eigenvalue weighted by molar-refractivity contribution is -0.155. The summed E-state index contributed by atoms with van der Waals surface area (Å²) in [4.78, 5) is 16.3. The minimum Gasteiger partial charge on any atom is -0.369 e. The summed E-state index contributed by atoms with van der Waals surface area (Å²) < 4.78 is 47.0. The first-order valence-corrected chi connectivity index (χ1v) is 14.0. The van der Waals surface area contributed by atoms with Crippen LogP contribution >= 0.6 is 0 Å². The standard InChI is InChI=1S/C21H30F3N3O2Si/c1-30(2,3)9-8-29-13-27-12-26-17-7-6-15(10-18(17)27)19(14-4-5-14)16(20(25)28)11-21(22,23)24/h6-7,10,12,14,16,19H,4-5,8-9,11,13H2,1-3H3,(H2,25,28). The number of amides is 1. The third-order valence-electron chi connectivity index (χ3n) is 5.64. The van der Waals surface area contributed by atoms with E-state index in [2.05, 4.69) is 24.6 Å². The van der Waals surface area contributed by atoms with Crippen LogP contribution in [0.2, 0.25) is 25.7 Å². The number of fused-ring (bicyclic) bond motifs is 1. The number of halogens is 3. The average Bonchev–Trinajstić information content (AvgIpc) is 3.36. The van der Waals surface area contributed by atoms with Crippen molar-refractivity contribution in [1.29, 1.82) is 0 Å². The van der Waals surface area contributed by atoms with Gasteiger partial charge in [-0.05, 0) is 48.4 Å². The number of nitrogens with zero attached hydrogens (tertiary/aromatic N) is 2. The molecule has 1 aromatic heterocycles. The number of primary amides is 1. The average molecular weight is 442 g/mol. The number of alkyl halides is 3. The molecule has 0 radical (unpaired) electrons. The second-order valence-electron chi connectivity index (χ2n) is 9.50. The SMILES string of the molecule is C[Si](C)(C)CCOCn1cnc2ccc(C(C3CC3)C(CC(F)(F)F)C(N)=O)cc21. The highest BCUT2D eigenvalue weighted by Gasteiger charge is 2.45. The minimum absolute atomic E-state index is 0.0478. The van der Waals surface area contributed by atoms with Crippen LogP contribution in [0.5, 0.6) is 0 Å². The maximum absolute atomic E-state index is 13.1. The lowest BCUT2D eigenvalue weighted by atomic mass is 9.79. The Hall–Kier alpha value is -1.87. The molecule has 1 heterocycles. The summed E-state index contributed by atoms with van der Waals surface area (Å²) in [6, 6.07) is 6.47. The Kier molecular flexibility index (Phi) is 6.62. The molecule has 0 saturated heterocycles. The second kappa shape index (κ2) is 8.70. The highest BCUT2D eigenvalue weighted by Crippen LogP contribution is 2.49. The van der Waals surface area contributed by atoms with Gasteiger partial charge in [-0.15, -0.1) is 0 Å². The highest BCUT2D eigenvalue weighted by atomic mass is 28.3. The molecule has 3 rings (SSSR count). The zero-order chi connectivity index (χ0) is 22.1. The Balaban J connectivity index is 1.84. The number of nitrogens with two attached hydrogens (primary N) is 1. The van der Waals surface area contributed by atoms with Crippen LogP contribution in [-0.4, -0.2) is 36.3 Å². The van der Waals surface area contributed by atoms with Gasteiger partial charge >= 0.3 is 6.18 Å². The minimum atomic E-state index is -4.44. The van der Waals surface area contributed by atoms with Gasteiger partial charge in [-0.25, -0.2) is 4.98 Å². The monoisotopic (exact) mass is 441 g/mol. The van der Waals surface area contributed by atoms with Crippen molar-refractivity contribution in [1.82, 2.24) is 9.55 Å². The van der Waals surface area contributed by atoms with Gasteiger partial charge in [0.2, 0.25) is 5.91 Å². The first-order chi connectivity index (χ1) is 13.9. The van der Waals surface area contributed by atoms with Crippen molar-refractivity contribution >= 4 is 25.0 Å². The molecule has 2 aromatic rings. The van der Waals surface area contributed by atoms with Crippen molar-refractivity contribution in [2.24, 2.45) is 17.6 Å². The molecule has 1 amide bonds. The number of benzene rings is 1. The van der Waals surface area contributed by atoms with Crippen LogP contribution in [0, 0.1) is 11.8 Å². The second-order valence-corrected chi connectivity index (χ2v) is 15.1. The smallest absolute Gasteiger partial charge is 0.369 e. The first-order valence-electron chi connectivity index (χ1n) is 10.3. The quantitative estimate of drug-likeness (QED) is 0.421. The van der Waals surface area contributed by atoms with E-state index in [-0.39, 0.29) is 5.92 Å². The van der Waals surface area contributed by atoms with Crippen molar-refractivity contribution in [2.45, 2.75) is 63.8 Å². The molecule has 1 saturated carbocycles. The molecule has 2 unspecified atom stereocenters. The molecular weight excluding hydrogens is 411 g/mol. The van der Waals surface area contributed by atoms with Gasteiger partial charge in [0.1, 0.15) is 6.73 Å².